The average molecular weight is 498 g/mol. The molecule has 0 saturated heterocycles. The molecule has 0 unspecified atom stereocenters. The second kappa shape index (κ2) is 10.7. The highest BCUT2D eigenvalue weighted by Crippen LogP contribution is 2.27. The first kappa shape index (κ1) is 21.7. The smallest absolute Gasteiger partial charge is 0.227 e. The number of para-hydroxylation sites is 1. The standard InChI is InChI=1S/C20H26N4OS.HI/c1-15-9-10-17(26-15)14-23-20(21-2)22-12-5-8-19(25)24-13-11-16-6-3-4-7-18(16)24;/h3-4,6-7,9-10H,5,8,11-14H2,1-2H3,(H2,21,22,23);1H. The molecule has 1 aliphatic heterocycles. The second-order valence-electron chi connectivity index (χ2n) is 6.39. The number of fused-ring (bicyclic) bond motifs is 1. The number of aryl methyl sites for hydroxylation is 1. The van der Waals surface area contributed by atoms with Crippen molar-refractivity contribution in [2.24, 2.45) is 4.99 Å². The van der Waals surface area contributed by atoms with Gasteiger partial charge in [0.05, 0.1) is 6.54 Å². The summed E-state index contributed by atoms with van der Waals surface area (Å²) in [7, 11) is 1.77. The summed E-state index contributed by atoms with van der Waals surface area (Å²) in [6, 6.07) is 12.4. The van der Waals surface area contributed by atoms with E-state index in [0.717, 1.165) is 44.1 Å². The fraction of sp³-hybridized carbons (Fsp3) is 0.400. The van der Waals surface area contributed by atoms with E-state index in [4.69, 9.17) is 0 Å². The number of anilines is 1. The molecule has 0 radical (unpaired) electrons. The Hall–Kier alpha value is -1.61. The first-order valence-corrected chi connectivity index (χ1v) is 9.87. The third-order valence-corrected chi connectivity index (χ3v) is 5.50. The number of hydrogen-bond donors (Lipinski definition) is 2. The van der Waals surface area contributed by atoms with E-state index < -0.39 is 0 Å². The number of guanidine groups is 1. The summed E-state index contributed by atoms with van der Waals surface area (Å²) < 4.78 is 0. The topological polar surface area (TPSA) is 56.7 Å². The molecule has 1 aromatic carbocycles. The van der Waals surface area contributed by atoms with Crippen LogP contribution in [0.25, 0.3) is 0 Å². The van der Waals surface area contributed by atoms with Gasteiger partial charge in [-0.25, -0.2) is 0 Å². The maximum Gasteiger partial charge on any atom is 0.227 e. The minimum absolute atomic E-state index is 0. The Kier molecular flexibility index (Phi) is 8.56. The number of benzene rings is 1. The van der Waals surface area contributed by atoms with Crippen molar-refractivity contribution in [2.45, 2.75) is 32.7 Å². The Balaban J connectivity index is 0.00000261. The van der Waals surface area contributed by atoms with Gasteiger partial charge in [-0.15, -0.1) is 35.3 Å². The van der Waals surface area contributed by atoms with Crippen LogP contribution in [0, 0.1) is 6.92 Å². The predicted octanol–water partition coefficient (Wildman–Crippen LogP) is 3.71. The van der Waals surface area contributed by atoms with E-state index in [1.165, 1.54) is 15.3 Å². The SMILES string of the molecule is CN=C(NCCCC(=O)N1CCc2ccccc21)NCc1ccc(C)s1.I. The zero-order chi connectivity index (χ0) is 18.4. The van der Waals surface area contributed by atoms with Crippen molar-refractivity contribution in [3.63, 3.8) is 0 Å². The van der Waals surface area contributed by atoms with Gasteiger partial charge in [0.2, 0.25) is 5.91 Å². The maximum absolute atomic E-state index is 12.5. The Morgan fingerprint density at radius 3 is 2.78 bits per heavy atom. The van der Waals surface area contributed by atoms with Gasteiger partial charge in [-0.3, -0.25) is 9.79 Å². The maximum atomic E-state index is 12.5. The largest absolute Gasteiger partial charge is 0.356 e. The molecule has 0 spiro atoms. The molecule has 1 aromatic heterocycles. The summed E-state index contributed by atoms with van der Waals surface area (Å²) >= 11 is 1.79. The molecule has 2 N–H and O–H groups in total. The molecule has 27 heavy (non-hydrogen) atoms. The first-order valence-electron chi connectivity index (χ1n) is 9.05. The van der Waals surface area contributed by atoms with Crippen LogP contribution in [0.15, 0.2) is 41.4 Å². The van der Waals surface area contributed by atoms with Crippen molar-refractivity contribution < 1.29 is 4.79 Å². The van der Waals surface area contributed by atoms with Gasteiger partial charge in [0.1, 0.15) is 0 Å². The van der Waals surface area contributed by atoms with Crippen LogP contribution >= 0.6 is 35.3 Å². The van der Waals surface area contributed by atoms with Gasteiger partial charge in [-0.05, 0) is 43.5 Å². The van der Waals surface area contributed by atoms with E-state index in [2.05, 4.69) is 40.7 Å². The Morgan fingerprint density at radius 2 is 2.04 bits per heavy atom. The van der Waals surface area contributed by atoms with Crippen LogP contribution in [0.5, 0.6) is 0 Å². The van der Waals surface area contributed by atoms with E-state index in [0.29, 0.717) is 6.42 Å². The zero-order valence-corrected chi connectivity index (χ0v) is 19.0. The summed E-state index contributed by atoms with van der Waals surface area (Å²) in [4.78, 5) is 21.2. The van der Waals surface area contributed by atoms with Crippen LogP contribution in [0.1, 0.15) is 28.2 Å². The van der Waals surface area contributed by atoms with Gasteiger partial charge < -0.3 is 15.5 Å². The fourth-order valence-corrected chi connectivity index (χ4v) is 3.98. The number of carbonyl (C=O) groups excluding carboxylic acids is 1. The van der Waals surface area contributed by atoms with Gasteiger partial charge in [-0.1, -0.05) is 18.2 Å². The average Bonchev–Trinajstić information content (AvgIpc) is 3.27. The van der Waals surface area contributed by atoms with Crippen molar-refractivity contribution in [2.75, 3.05) is 25.0 Å². The summed E-state index contributed by atoms with van der Waals surface area (Å²) in [5.74, 6) is 0.976. The van der Waals surface area contributed by atoms with Gasteiger partial charge in [0.25, 0.3) is 0 Å². The highest BCUT2D eigenvalue weighted by molar-refractivity contribution is 14.0. The van der Waals surface area contributed by atoms with Gasteiger partial charge >= 0.3 is 0 Å². The van der Waals surface area contributed by atoms with Crippen LogP contribution in [0.4, 0.5) is 5.69 Å². The van der Waals surface area contributed by atoms with Crippen molar-refractivity contribution >= 4 is 52.9 Å². The Labute approximate surface area is 182 Å². The van der Waals surface area contributed by atoms with Gasteiger partial charge in [0.15, 0.2) is 5.96 Å². The number of halogens is 1. The minimum Gasteiger partial charge on any atom is -0.356 e. The summed E-state index contributed by atoms with van der Waals surface area (Å²) in [6.07, 6.45) is 2.29. The highest BCUT2D eigenvalue weighted by Gasteiger charge is 2.23. The van der Waals surface area contributed by atoms with E-state index in [9.17, 15) is 4.79 Å². The summed E-state index contributed by atoms with van der Waals surface area (Å²) in [5.41, 5.74) is 2.35. The lowest BCUT2D eigenvalue weighted by Crippen LogP contribution is -2.37. The van der Waals surface area contributed by atoms with Crippen molar-refractivity contribution in [1.82, 2.24) is 10.6 Å². The van der Waals surface area contributed by atoms with Crippen LogP contribution < -0.4 is 15.5 Å². The molecule has 7 heteroatoms. The number of nitrogens with one attached hydrogen (secondary N) is 2. The number of nitrogens with zero attached hydrogens (tertiary/aromatic N) is 2. The second-order valence-corrected chi connectivity index (χ2v) is 7.76. The molecule has 146 valence electrons. The fourth-order valence-electron chi connectivity index (χ4n) is 3.15. The number of hydrogen-bond acceptors (Lipinski definition) is 3. The number of thiophene rings is 1. The predicted molar refractivity (Wildman–Crippen MR) is 124 cm³/mol. The summed E-state index contributed by atoms with van der Waals surface area (Å²) in [6.45, 7) is 4.40. The van der Waals surface area contributed by atoms with Gasteiger partial charge in [-0.2, -0.15) is 0 Å². The van der Waals surface area contributed by atoms with E-state index in [1.807, 2.05) is 23.1 Å². The van der Waals surface area contributed by atoms with E-state index in [-0.39, 0.29) is 29.9 Å². The zero-order valence-electron chi connectivity index (χ0n) is 15.8. The van der Waals surface area contributed by atoms with Crippen molar-refractivity contribution in [3.8, 4) is 0 Å². The third-order valence-electron chi connectivity index (χ3n) is 4.50. The lowest BCUT2D eigenvalue weighted by molar-refractivity contribution is -0.118. The van der Waals surface area contributed by atoms with Crippen LogP contribution in [-0.2, 0) is 17.8 Å². The molecule has 5 nitrogen and oxygen atoms in total. The normalized spacial score (nSPS) is 13.1. The molecule has 1 amide bonds. The van der Waals surface area contributed by atoms with Crippen molar-refractivity contribution in [1.29, 1.82) is 0 Å². The van der Waals surface area contributed by atoms with Crippen LogP contribution in [0.3, 0.4) is 0 Å². The highest BCUT2D eigenvalue weighted by atomic mass is 127. The van der Waals surface area contributed by atoms with E-state index in [1.54, 1.807) is 18.4 Å². The number of carbonyl (C=O) groups is 1. The third kappa shape index (κ3) is 5.93. The Bertz CT molecular complexity index is 790. The molecule has 3 rings (SSSR count). The number of aliphatic imine (C=N–C) groups is 1. The molecule has 2 aromatic rings. The van der Waals surface area contributed by atoms with Crippen LogP contribution in [0.2, 0.25) is 0 Å². The van der Waals surface area contributed by atoms with Crippen molar-refractivity contribution in [3.05, 3.63) is 51.7 Å². The molecule has 0 saturated carbocycles. The molecule has 0 aliphatic carbocycles. The lowest BCUT2D eigenvalue weighted by atomic mass is 10.2. The number of amides is 1. The molecule has 2 heterocycles. The molecular formula is C20H27IN4OS. The molecule has 0 fully saturated rings. The molecule has 0 atom stereocenters. The lowest BCUT2D eigenvalue weighted by Gasteiger charge is -2.17. The monoisotopic (exact) mass is 498 g/mol. The number of rotatable bonds is 6. The quantitative estimate of drug-likeness (QED) is 0.277. The molecule has 1 aliphatic rings. The first-order chi connectivity index (χ1) is 12.7. The van der Waals surface area contributed by atoms with Gasteiger partial charge in [0, 0.05) is 42.0 Å². The molecule has 0 bridgehead atoms. The summed E-state index contributed by atoms with van der Waals surface area (Å²) in [5, 5.41) is 6.59. The minimum atomic E-state index is 0. The van der Waals surface area contributed by atoms with Crippen LogP contribution in [-0.4, -0.2) is 32.0 Å². The van der Waals surface area contributed by atoms with E-state index >= 15 is 0 Å². The molecular weight excluding hydrogens is 471 g/mol. The Morgan fingerprint density at radius 1 is 1.22 bits per heavy atom.